The zero-order valence-corrected chi connectivity index (χ0v) is 21.4. The molecule has 1 atom stereocenters. The lowest BCUT2D eigenvalue weighted by atomic mass is 9.91. The van der Waals surface area contributed by atoms with Crippen molar-refractivity contribution in [3.05, 3.63) is 145 Å². The molecule has 182 valence electrons. The highest BCUT2D eigenvalue weighted by molar-refractivity contribution is 6.06. The molecule has 0 spiro atoms. The smallest absolute Gasteiger partial charge is 0.0991 e. The summed E-state index contributed by atoms with van der Waals surface area (Å²) < 4.78 is 0. The van der Waals surface area contributed by atoms with Crippen LogP contribution < -0.4 is 4.90 Å². The molecule has 1 aliphatic rings. The zero-order valence-electron chi connectivity index (χ0n) is 21.4. The van der Waals surface area contributed by atoms with Gasteiger partial charge in [0.1, 0.15) is 0 Å². The average molecular weight is 489 g/mol. The van der Waals surface area contributed by atoms with Crippen molar-refractivity contribution in [2.24, 2.45) is 5.92 Å². The lowest BCUT2D eigenvalue weighted by molar-refractivity contribution is 0.696. The van der Waals surface area contributed by atoms with Crippen molar-refractivity contribution >= 4 is 22.1 Å². The van der Waals surface area contributed by atoms with Crippen molar-refractivity contribution in [3.8, 4) is 28.3 Å². The topological polar surface area (TPSA) is 27.0 Å². The fourth-order valence-electron chi connectivity index (χ4n) is 5.38. The van der Waals surface area contributed by atoms with Gasteiger partial charge < -0.3 is 4.90 Å². The molecule has 0 aliphatic heterocycles. The first kappa shape index (κ1) is 23.5. The Morgan fingerprint density at radius 2 is 1.29 bits per heavy atom. The fraction of sp³-hybridized carbons (Fsp3) is 0.0833. The largest absolute Gasteiger partial charge is 0.314 e. The van der Waals surface area contributed by atoms with Gasteiger partial charge in [0.2, 0.25) is 0 Å². The van der Waals surface area contributed by atoms with Crippen LogP contribution in [0.4, 0.5) is 11.4 Å². The summed E-state index contributed by atoms with van der Waals surface area (Å²) in [6.45, 7) is 2.27. The minimum atomic E-state index is 0.511. The second kappa shape index (κ2) is 10.2. The van der Waals surface area contributed by atoms with Crippen LogP contribution in [0.1, 0.15) is 18.9 Å². The Labute approximate surface area is 224 Å². The fourth-order valence-corrected chi connectivity index (χ4v) is 5.38. The van der Waals surface area contributed by atoms with Crippen molar-refractivity contribution in [1.29, 1.82) is 5.26 Å². The van der Waals surface area contributed by atoms with E-state index in [2.05, 4.69) is 127 Å². The van der Waals surface area contributed by atoms with Gasteiger partial charge in [0.15, 0.2) is 0 Å². The van der Waals surface area contributed by atoms with Crippen LogP contribution >= 0.6 is 0 Å². The van der Waals surface area contributed by atoms with Gasteiger partial charge in [-0.05, 0) is 87.8 Å². The SMILES string of the molecule is CC1C=CC=C(N(c2ccccc2)c2ccc(-c3cccc4cccc(-c5ccc(C#N)cc5)c34)cc2)C1. The van der Waals surface area contributed by atoms with Crippen LogP contribution in [0.15, 0.2) is 139 Å². The van der Waals surface area contributed by atoms with Gasteiger partial charge in [-0.1, -0.05) is 97.9 Å². The van der Waals surface area contributed by atoms with Gasteiger partial charge in [-0.15, -0.1) is 0 Å². The molecule has 0 saturated carbocycles. The summed E-state index contributed by atoms with van der Waals surface area (Å²) in [6.07, 6.45) is 7.68. The summed E-state index contributed by atoms with van der Waals surface area (Å²) in [7, 11) is 0. The molecule has 2 heteroatoms. The third kappa shape index (κ3) is 4.51. The predicted octanol–water partition coefficient (Wildman–Crippen LogP) is 9.66. The van der Waals surface area contributed by atoms with E-state index in [9.17, 15) is 5.26 Å². The monoisotopic (exact) mass is 488 g/mol. The molecule has 1 aliphatic carbocycles. The van der Waals surface area contributed by atoms with Crippen LogP contribution in [0.5, 0.6) is 0 Å². The third-order valence-electron chi connectivity index (χ3n) is 7.23. The lowest BCUT2D eigenvalue weighted by Crippen LogP contribution is -2.19. The number of benzene rings is 5. The molecule has 0 N–H and O–H groups in total. The van der Waals surface area contributed by atoms with E-state index in [4.69, 9.17) is 0 Å². The van der Waals surface area contributed by atoms with Gasteiger partial charge in [0, 0.05) is 17.1 Å². The van der Waals surface area contributed by atoms with E-state index in [1.807, 2.05) is 24.3 Å². The van der Waals surface area contributed by atoms with Crippen molar-refractivity contribution in [3.63, 3.8) is 0 Å². The van der Waals surface area contributed by atoms with Gasteiger partial charge in [-0.2, -0.15) is 5.26 Å². The summed E-state index contributed by atoms with van der Waals surface area (Å²) in [5.41, 5.74) is 8.96. The maximum Gasteiger partial charge on any atom is 0.0991 e. The minimum Gasteiger partial charge on any atom is -0.314 e. The van der Waals surface area contributed by atoms with Crippen LogP contribution in [-0.4, -0.2) is 0 Å². The number of anilines is 2. The van der Waals surface area contributed by atoms with Crippen molar-refractivity contribution in [2.75, 3.05) is 4.90 Å². The Kier molecular flexibility index (Phi) is 6.34. The predicted molar refractivity (Wildman–Crippen MR) is 159 cm³/mol. The Morgan fingerprint density at radius 3 is 1.89 bits per heavy atom. The molecule has 0 heterocycles. The molecule has 1 unspecified atom stereocenters. The van der Waals surface area contributed by atoms with Crippen LogP contribution in [0.3, 0.4) is 0 Å². The van der Waals surface area contributed by atoms with E-state index >= 15 is 0 Å². The van der Waals surface area contributed by atoms with E-state index in [0.717, 1.165) is 17.7 Å². The minimum absolute atomic E-state index is 0.511. The molecular weight excluding hydrogens is 460 g/mol. The van der Waals surface area contributed by atoms with Gasteiger partial charge in [-0.25, -0.2) is 0 Å². The highest BCUT2D eigenvalue weighted by Crippen LogP contribution is 2.39. The maximum atomic E-state index is 9.23. The zero-order chi connectivity index (χ0) is 25.9. The van der Waals surface area contributed by atoms with Crippen molar-refractivity contribution in [2.45, 2.75) is 13.3 Å². The van der Waals surface area contributed by atoms with E-state index in [1.165, 1.54) is 38.8 Å². The number of nitrogens with zero attached hydrogens (tertiary/aromatic N) is 2. The number of hydrogen-bond donors (Lipinski definition) is 0. The molecule has 0 aromatic heterocycles. The normalized spacial score (nSPS) is 14.6. The highest BCUT2D eigenvalue weighted by Gasteiger charge is 2.18. The number of para-hydroxylation sites is 1. The third-order valence-corrected chi connectivity index (χ3v) is 7.23. The number of hydrogen-bond acceptors (Lipinski definition) is 2. The molecule has 38 heavy (non-hydrogen) atoms. The van der Waals surface area contributed by atoms with Gasteiger partial charge in [-0.3, -0.25) is 0 Å². The second-order valence-corrected chi connectivity index (χ2v) is 9.84. The summed E-state index contributed by atoms with van der Waals surface area (Å²) in [5.74, 6) is 0.511. The quantitative estimate of drug-likeness (QED) is 0.246. The molecule has 0 amide bonds. The Bertz CT molecular complexity index is 1680. The molecule has 0 fully saturated rings. The van der Waals surface area contributed by atoms with Crippen LogP contribution in [0.2, 0.25) is 0 Å². The Balaban J connectivity index is 1.44. The van der Waals surface area contributed by atoms with Crippen LogP contribution in [0, 0.1) is 17.2 Å². The lowest BCUT2D eigenvalue weighted by Gasteiger charge is -2.30. The number of rotatable bonds is 5. The van der Waals surface area contributed by atoms with E-state index in [1.54, 1.807) is 0 Å². The Morgan fingerprint density at radius 1 is 0.684 bits per heavy atom. The summed E-state index contributed by atoms with van der Waals surface area (Å²) >= 11 is 0. The molecule has 6 rings (SSSR count). The Hall–Kier alpha value is -4.87. The number of fused-ring (bicyclic) bond motifs is 1. The van der Waals surface area contributed by atoms with Crippen LogP contribution in [0.25, 0.3) is 33.0 Å². The first-order chi connectivity index (χ1) is 18.7. The maximum absolute atomic E-state index is 9.23. The number of nitriles is 1. The summed E-state index contributed by atoms with van der Waals surface area (Å²) in [4.78, 5) is 2.37. The average Bonchev–Trinajstić information content (AvgIpc) is 2.98. The summed E-state index contributed by atoms with van der Waals surface area (Å²) in [6, 6.07) is 42.6. The molecule has 5 aromatic carbocycles. The first-order valence-corrected chi connectivity index (χ1v) is 13.1. The first-order valence-electron chi connectivity index (χ1n) is 13.1. The van der Waals surface area contributed by atoms with E-state index < -0.39 is 0 Å². The highest BCUT2D eigenvalue weighted by atomic mass is 15.1. The van der Waals surface area contributed by atoms with Gasteiger partial charge >= 0.3 is 0 Å². The summed E-state index contributed by atoms with van der Waals surface area (Å²) in [5, 5.41) is 11.7. The van der Waals surface area contributed by atoms with Gasteiger partial charge in [0.25, 0.3) is 0 Å². The molecule has 5 aromatic rings. The van der Waals surface area contributed by atoms with E-state index in [-0.39, 0.29) is 0 Å². The van der Waals surface area contributed by atoms with Crippen molar-refractivity contribution in [1.82, 2.24) is 0 Å². The van der Waals surface area contributed by atoms with Crippen molar-refractivity contribution < 1.29 is 0 Å². The molecule has 0 radical (unpaired) electrons. The van der Waals surface area contributed by atoms with E-state index in [0.29, 0.717) is 11.5 Å². The molecule has 0 bridgehead atoms. The van der Waals surface area contributed by atoms with Crippen LogP contribution in [-0.2, 0) is 0 Å². The molecule has 0 saturated heterocycles. The standard InChI is InChI=1S/C36H28N2/c1-26-8-5-13-33(24-26)38(31-11-3-2-4-12-31)32-22-20-29(21-23-32)35-15-7-10-30-9-6-14-34(36(30)35)28-18-16-27(25-37)17-19-28/h2-23,26H,24H2,1H3. The number of allylic oxidation sites excluding steroid dienone is 4. The second-order valence-electron chi connectivity index (χ2n) is 9.84. The van der Waals surface area contributed by atoms with Gasteiger partial charge in [0.05, 0.1) is 11.6 Å². The molecular formula is C36H28N2. The molecule has 2 nitrogen and oxygen atoms in total.